The van der Waals surface area contributed by atoms with Crippen molar-refractivity contribution in [1.29, 1.82) is 0 Å². The molecule has 0 unspecified atom stereocenters. The van der Waals surface area contributed by atoms with Gasteiger partial charge in [-0.05, 0) is 25.7 Å². The lowest BCUT2D eigenvalue weighted by atomic mass is 10.1. The van der Waals surface area contributed by atoms with E-state index in [4.69, 9.17) is 5.11 Å². The molecule has 128 valence electrons. The summed E-state index contributed by atoms with van der Waals surface area (Å²) in [6, 6.07) is 0. The monoisotopic (exact) mass is 308 g/mol. The first kappa shape index (κ1) is 20.9. The zero-order chi connectivity index (χ0) is 16.3. The number of unbranched alkanes of at least 4 members (excludes halogenated alkanes) is 11. The molecule has 0 aromatic carbocycles. The van der Waals surface area contributed by atoms with Crippen molar-refractivity contribution in [3.8, 4) is 0 Å². The predicted molar refractivity (Wildman–Crippen MR) is 96.2 cm³/mol. The number of carbonyl (C=O) groups is 1. The second-order valence-electron chi connectivity index (χ2n) is 6.11. The van der Waals surface area contributed by atoms with E-state index in [1.807, 2.05) is 6.08 Å². The Balaban J connectivity index is 3.17. The van der Waals surface area contributed by atoms with Gasteiger partial charge in [0.15, 0.2) is 0 Å². The van der Waals surface area contributed by atoms with Crippen molar-refractivity contribution in [3.63, 3.8) is 0 Å². The van der Waals surface area contributed by atoms with Gasteiger partial charge in [-0.3, -0.25) is 4.79 Å². The van der Waals surface area contributed by atoms with E-state index in [-0.39, 0.29) is 6.42 Å². The van der Waals surface area contributed by atoms with Gasteiger partial charge in [-0.1, -0.05) is 89.0 Å². The molecule has 0 fully saturated rings. The molecule has 0 heterocycles. The molecule has 0 bridgehead atoms. The zero-order valence-electron chi connectivity index (χ0n) is 14.6. The lowest BCUT2D eigenvalue weighted by molar-refractivity contribution is -0.137. The minimum atomic E-state index is -0.704. The number of allylic oxidation sites excluding steroid dienone is 4. The number of carboxylic acid groups (broad SMARTS) is 1. The van der Waals surface area contributed by atoms with Gasteiger partial charge in [-0.25, -0.2) is 0 Å². The summed E-state index contributed by atoms with van der Waals surface area (Å²) in [6.45, 7) is 2.27. The highest BCUT2D eigenvalue weighted by Crippen LogP contribution is 2.11. The summed E-state index contributed by atoms with van der Waals surface area (Å²) >= 11 is 0. The van der Waals surface area contributed by atoms with E-state index in [9.17, 15) is 4.79 Å². The summed E-state index contributed by atoms with van der Waals surface area (Å²) in [4.78, 5) is 10.3. The normalized spacial score (nSPS) is 11.7. The summed E-state index contributed by atoms with van der Waals surface area (Å²) in [7, 11) is 0. The van der Waals surface area contributed by atoms with E-state index in [0.29, 0.717) is 0 Å². The molecule has 2 nitrogen and oxygen atoms in total. The van der Waals surface area contributed by atoms with Crippen molar-refractivity contribution in [3.05, 3.63) is 24.3 Å². The lowest BCUT2D eigenvalue weighted by Gasteiger charge is -2.01. The molecule has 2 heteroatoms. The van der Waals surface area contributed by atoms with E-state index < -0.39 is 5.97 Å². The van der Waals surface area contributed by atoms with E-state index in [0.717, 1.165) is 19.3 Å². The molecule has 0 rings (SSSR count). The number of aliphatic carboxylic acids is 1. The zero-order valence-corrected chi connectivity index (χ0v) is 14.6. The Bertz CT molecular complexity index is 292. The van der Waals surface area contributed by atoms with Gasteiger partial charge in [0.25, 0.3) is 0 Å². The second-order valence-corrected chi connectivity index (χ2v) is 6.11. The van der Waals surface area contributed by atoms with Crippen LogP contribution in [0.4, 0.5) is 0 Å². The molecule has 0 spiro atoms. The van der Waals surface area contributed by atoms with Crippen LogP contribution in [0, 0.1) is 0 Å². The molecule has 0 aromatic heterocycles. The van der Waals surface area contributed by atoms with Crippen LogP contribution in [0.15, 0.2) is 24.3 Å². The molecule has 0 amide bonds. The second kappa shape index (κ2) is 18.0. The fourth-order valence-corrected chi connectivity index (χ4v) is 2.47. The van der Waals surface area contributed by atoms with Gasteiger partial charge in [0.05, 0.1) is 0 Å². The number of carboxylic acids is 1. The Kier molecular flexibility index (Phi) is 17.1. The van der Waals surface area contributed by atoms with Crippen LogP contribution in [0.5, 0.6) is 0 Å². The Morgan fingerprint density at radius 2 is 1.18 bits per heavy atom. The predicted octanol–water partition coefficient (Wildman–Crippen LogP) is 6.66. The van der Waals surface area contributed by atoms with Crippen LogP contribution < -0.4 is 0 Å². The fraction of sp³-hybridized carbons (Fsp3) is 0.750. The van der Waals surface area contributed by atoms with Gasteiger partial charge in [-0.2, -0.15) is 0 Å². The summed E-state index contributed by atoms with van der Waals surface area (Å²) in [6.07, 6.45) is 25.3. The van der Waals surface area contributed by atoms with Crippen LogP contribution in [-0.2, 0) is 4.79 Å². The molecule has 0 aliphatic carbocycles. The number of hydrogen-bond donors (Lipinski definition) is 1. The third kappa shape index (κ3) is 18.9. The van der Waals surface area contributed by atoms with Crippen molar-refractivity contribution >= 4 is 5.97 Å². The molecule has 0 saturated carbocycles. The van der Waals surface area contributed by atoms with Gasteiger partial charge in [0.1, 0.15) is 0 Å². The van der Waals surface area contributed by atoms with Crippen molar-refractivity contribution < 1.29 is 9.90 Å². The maximum Gasteiger partial charge on any atom is 0.303 e. The maximum atomic E-state index is 10.3. The van der Waals surface area contributed by atoms with Gasteiger partial charge in [0.2, 0.25) is 0 Å². The Morgan fingerprint density at radius 3 is 1.68 bits per heavy atom. The van der Waals surface area contributed by atoms with Crippen molar-refractivity contribution in [2.45, 2.75) is 96.8 Å². The summed E-state index contributed by atoms with van der Waals surface area (Å²) in [5.41, 5.74) is 0. The lowest BCUT2D eigenvalue weighted by Crippen LogP contribution is -1.92. The van der Waals surface area contributed by atoms with Gasteiger partial charge < -0.3 is 5.11 Å². The number of rotatable bonds is 16. The molecular weight excluding hydrogens is 272 g/mol. The first-order valence-electron chi connectivity index (χ1n) is 9.30. The van der Waals surface area contributed by atoms with Crippen LogP contribution in [0.1, 0.15) is 96.8 Å². The minimum absolute atomic E-state index is 0.270. The molecule has 0 aliphatic heterocycles. The maximum absolute atomic E-state index is 10.3. The third-order valence-electron chi connectivity index (χ3n) is 3.87. The van der Waals surface area contributed by atoms with Crippen molar-refractivity contribution in [2.75, 3.05) is 0 Å². The van der Waals surface area contributed by atoms with Gasteiger partial charge in [-0.15, -0.1) is 0 Å². The topological polar surface area (TPSA) is 37.3 Å². The smallest absolute Gasteiger partial charge is 0.303 e. The van der Waals surface area contributed by atoms with Crippen molar-refractivity contribution in [2.24, 2.45) is 0 Å². The van der Waals surface area contributed by atoms with Crippen LogP contribution in [-0.4, -0.2) is 11.1 Å². The van der Waals surface area contributed by atoms with E-state index >= 15 is 0 Å². The average molecular weight is 309 g/mol. The van der Waals surface area contributed by atoms with Crippen LogP contribution in [0.3, 0.4) is 0 Å². The average Bonchev–Trinajstić information content (AvgIpc) is 2.50. The van der Waals surface area contributed by atoms with Crippen LogP contribution >= 0.6 is 0 Å². The standard InChI is InChI=1S/C20H36O2/c1-2-3-4-5-6-7-8-9-10-11-12-13-14-15-16-17-18-19-20(21)22/h13-16H,2-12,17-19H2,1H3,(H,21,22)/b14-13+,16-15+. The molecule has 0 saturated heterocycles. The highest BCUT2D eigenvalue weighted by Gasteiger charge is 1.93. The molecule has 0 atom stereocenters. The quantitative estimate of drug-likeness (QED) is 0.255. The molecule has 0 radical (unpaired) electrons. The highest BCUT2D eigenvalue weighted by atomic mass is 16.4. The summed E-state index contributed by atoms with van der Waals surface area (Å²) in [5, 5.41) is 8.50. The summed E-state index contributed by atoms with van der Waals surface area (Å²) in [5.74, 6) is -0.704. The largest absolute Gasteiger partial charge is 0.481 e. The molecule has 22 heavy (non-hydrogen) atoms. The highest BCUT2D eigenvalue weighted by molar-refractivity contribution is 5.66. The van der Waals surface area contributed by atoms with Gasteiger partial charge in [0, 0.05) is 6.42 Å². The SMILES string of the molecule is CCCCCCCCCCCC/C=C/C=C/CCCC(=O)O. The van der Waals surface area contributed by atoms with E-state index in [2.05, 4.69) is 25.2 Å². The van der Waals surface area contributed by atoms with Crippen LogP contribution in [0.25, 0.3) is 0 Å². The molecule has 1 N–H and O–H groups in total. The fourth-order valence-electron chi connectivity index (χ4n) is 2.47. The van der Waals surface area contributed by atoms with E-state index in [1.165, 1.54) is 64.2 Å². The Morgan fingerprint density at radius 1 is 0.727 bits per heavy atom. The third-order valence-corrected chi connectivity index (χ3v) is 3.87. The van der Waals surface area contributed by atoms with E-state index in [1.54, 1.807) is 0 Å². The van der Waals surface area contributed by atoms with Gasteiger partial charge >= 0.3 is 5.97 Å². The van der Waals surface area contributed by atoms with Crippen LogP contribution in [0.2, 0.25) is 0 Å². The molecule has 0 aromatic rings. The first-order valence-corrected chi connectivity index (χ1v) is 9.30. The Hall–Kier alpha value is -1.05. The first-order chi connectivity index (χ1) is 10.8. The summed E-state index contributed by atoms with van der Waals surface area (Å²) < 4.78 is 0. The molecule has 0 aliphatic rings. The molecular formula is C20H36O2. The minimum Gasteiger partial charge on any atom is -0.481 e. The number of hydrogen-bond acceptors (Lipinski definition) is 1. The van der Waals surface area contributed by atoms with Crippen molar-refractivity contribution in [1.82, 2.24) is 0 Å². The Labute approximate surface area is 137 Å².